The predicted octanol–water partition coefficient (Wildman–Crippen LogP) is 1.70. The van der Waals surface area contributed by atoms with Gasteiger partial charge in [0.15, 0.2) is 17.3 Å². The van der Waals surface area contributed by atoms with Crippen LogP contribution in [0.1, 0.15) is 40.6 Å². The standard InChI is InChI=1S/C21H19F5N12O/c1-37-16-9(7-28-37)12(29-10(30-16)5-6-19(22,23)21(24,25)26)15-31-13(27)11-14(32-15)33-18(39)20(11,8-3-4-8)17-34-35-36-38(17)2/h7-8H,3-6H2,1-2H3,(H3,27,31,32,33,39)/i1D3. The molecule has 39 heavy (non-hydrogen) atoms. The van der Waals surface area contributed by atoms with E-state index in [1.54, 1.807) is 7.05 Å². The fourth-order valence-corrected chi connectivity index (χ4v) is 4.89. The average molecular weight is 553 g/mol. The minimum Gasteiger partial charge on any atom is -0.383 e. The van der Waals surface area contributed by atoms with E-state index >= 15 is 0 Å². The Bertz CT molecular complexity index is 1750. The van der Waals surface area contributed by atoms with Crippen LogP contribution < -0.4 is 11.1 Å². The van der Waals surface area contributed by atoms with E-state index in [0.717, 1.165) is 6.20 Å². The number of nitrogens with zero attached hydrogens (tertiary/aromatic N) is 10. The third-order valence-electron chi connectivity index (χ3n) is 6.85. The van der Waals surface area contributed by atoms with Gasteiger partial charge in [-0.1, -0.05) is 0 Å². The summed E-state index contributed by atoms with van der Waals surface area (Å²) >= 11 is 0. The summed E-state index contributed by atoms with van der Waals surface area (Å²) in [7, 11) is 1.56. The Hall–Kier alpha value is -4.38. The van der Waals surface area contributed by atoms with Crippen LogP contribution in [0.25, 0.3) is 22.6 Å². The van der Waals surface area contributed by atoms with Crippen LogP contribution in [0.15, 0.2) is 6.20 Å². The van der Waals surface area contributed by atoms with E-state index in [1.807, 2.05) is 0 Å². The van der Waals surface area contributed by atoms with Crippen molar-refractivity contribution in [3.8, 4) is 11.5 Å². The number of halogens is 5. The molecule has 18 heteroatoms. The van der Waals surface area contributed by atoms with Gasteiger partial charge < -0.3 is 11.1 Å². The predicted molar refractivity (Wildman–Crippen MR) is 122 cm³/mol. The van der Waals surface area contributed by atoms with Gasteiger partial charge in [0.1, 0.15) is 28.6 Å². The molecule has 0 bridgehead atoms. The summed E-state index contributed by atoms with van der Waals surface area (Å²) in [5, 5.41) is 17.9. The third kappa shape index (κ3) is 3.60. The zero-order chi connectivity index (χ0) is 30.4. The number of fused-ring (bicyclic) bond motifs is 2. The summed E-state index contributed by atoms with van der Waals surface area (Å²) in [5.41, 5.74) is 4.58. The maximum absolute atomic E-state index is 13.7. The summed E-state index contributed by atoms with van der Waals surface area (Å²) in [6.07, 6.45) is -6.12. The number of nitrogens with two attached hydrogens (primary N) is 1. The number of aromatic nitrogens is 10. The largest absolute Gasteiger partial charge is 0.453 e. The number of alkyl halides is 5. The monoisotopic (exact) mass is 553 g/mol. The minimum absolute atomic E-state index is 0.0162. The maximum Gasteiger partial charge on any atom is 0.453 e. The van der Waals surface area contributed by atoms with E-state index in [1.165, 1.54) is 4.68 Å². The van der Waals surface area contributed by atoms with Crippen molar-refractivity contribution in [2.45, 2.75) is 43.2 Å². The van der Waals surface area contributed by atoms with Crippen molar-refractivity contribution >= 4 is 28.6 Å². The summed E-state index contributed by atoms with van der Waals surface area (Å²) < 4.78 is 90.8. The first-order valence-electron chi connectivity index (χ1n) is 13.0. The average Bonchev–Trinajstić information content (AvgIpc) is 3.36. The van der Waals surface area contributed by atoms with E-state index < -0.39 is 49.1 Å². The van der Waals surface area contributed by atoms with Gasteiger partial charge in [0.2, 0.25) is 5.91 Å². The highest BCUT2D eigenvalue weighted by Crippen LogP contribution is 2.57. The quantitative estimate of drug-likeness (QED) is 0.335. The van der Waals surface area contributed by atoms with Crippen molar-refractivity contribution in [2.24, 2.45) is 19.9 Å². The molecule has 1 unspecified atom stereocenters. The van der Waals surface area contributed by atoms with Gasteiger partial charge in [-0.05, 0) is 29.2 Å². The summed E-state index contributed by atoms with van der Waals surface area (Å²) in [4.78, 5) is 30.2. The Kier molecular flexibility index (Phi) is 4.45. The van der Waals surface area contributed by atoms with Gasteiger partial charge in [0.05, 0.1) is 17.1 Å². The topological polar surface area (TPSA) is 168 Å². The number of amides is 1. The van der Waals surface area contributed by atoms with E-state index in [9.17, 15) is 26.7 Å². The molecule has 4 aromatic rings. The van der Waals surface area contributed by atoms with Crippen LogP contribution in [-0.4, -0.2) is 67.9 Å². The lowest BCUT2D eigenvalue weighted by Gasteiger charge is -2.25. The fourth-order valence-electron chi connectivity index (χ4n) is 4.89. The number of hydrogen-bond donors (Lipinski definition) is 2. The number of nitrogens with one attached hydrogen (secondary N) is 1. The normalized spacial score (nSPS) is 21.0. The number of carbonyl (C=O) groups is 1. The minimum atomic E-state index is -5.82. The van der Waals surface area contributed by atoms with Gasteiger partial charge in [-0.25, -0.2) is 24.6 Å². The van der Waals surface area contributed by atoms with Crippen molar-refractivity contribution in [1.29, 1.82) is 0 Å². The number of hydrogen-bond acceptors (Lipinski definition) is 10. The molecule has 1 fully saturated rings. The molecule has 1 amide bonds. The molecule has 5 heterocycles. The van der Waals surface area contributed by atoms with E-state index in [2.05, 4.69) is 45.9 Å². The molecule has 0 aromatic carbocycles. The number of anilines is 2. The van der Waals surface area contributed by atoms with Crippen molar-refractivity contribution in [3.05, 3.63) is 23.4 Å². The molecule has 0 radical (unpaired) electrons. The summed E-state index contributed by atoms with van der Waals surface area (Å²) in [6, 6.07) is 0. The Labute approximate surface area is 219 Å². The first-order chi connectivity index (χ1) is 19.6. The van der Waals surface area contributed by atoms with Crippen molar-refractivity contribution in [3.63, 3.8) is 0 Å². The second kappa shape index (κ2) is 8.06. The Morgan fingerprint density at radius 1 is 1.18 bits per heavy atom. The Morgan fingerprint density at radius 2 is 1.95 bits per heavy atom. The summed E-state index contributed by atoms with van der Waals surface area (Å²) in [6.45, 7) is -2.89. The van der Waals surface area contributed by atoms with Gasteiger partial charge in [-0.2, -0.15) is 27.1 Å². The zero-order valence-electron chi connectivity index (χ0n) is 22.8. The molecule has 1 atom stereocenters. The lowest BCUT2D eigenvalue weighted by Crippen LogP contribution is -2.41. The third-order valence-corrected chi connectivity index (χ3v) is 6.85. The van der Waals surface area contributed by atoms with Gasteiger partial charge >= 0.3 is 12.1 Å². The first-order valence-corrected chi connectivity index (χ1v) is 11.5. The van der Waals surface area contributed by atoms with Crippen LogP contribution in [0.4, 0.5) is 33.6 Å². The lowest BCUT2D eigenvalue weighted by molar-refractivity contribution is -0.284. The van der Waals surface area contributed by atoms with E-state index in [4.69, 9.17) is 9.85 Å². The molecule has 204 valence electrons. The molecular formula is C21H19F5N12O. The summed E-state index contributed by atoms with van der Waals surface area (Å²) in [5.74, 6) is -6.59. The molecule has 1 aliphatic heterocycles. The van der Waals surface area contributed by atoms with E-state index in [-0.39, 0.29) is 51.5 Å². The molecule has 3 N–H and O–H groups in total. The van der Waals surface area contributed by atoms with Gasteiger partial charge in [-0.15, -0.1) is 5.10 Å². The zero-order valence-corrected chi connectivity index (χ0v) is 19.8. The number of carbonyl (C=O) groups excluding carboxylic acids is 1. The second-order valence-corrected chi connectivity index (χ2v) is 9.30. The molecule has 2 aliphatic rings. The Morgan fingerprint density at radius 3 is 2.59 bits per heavy atom. The molecule has 0 saturated heterocycles. The van der Waals surface area contributed by atoms with Crippen LogP contribution >= 0.6 is 0 Å². The molecule has 4 aromatic heterocycles. The number of nitrogen functional groups attached to an aromatic ring is 1. The van der Waals surface area contributed by atoms with Crippen LogP contribution in [0.2, 0.25) is 0 Å². The number of rotatable bonds is 6. The smallest absolute Gasteiger partial charge is 0.383 e. The van der Waals surface area contributed by atoms with Gasteiger partial charge in [0, 0.05) is 31.0 Å². The molecular weight excluding hydrogens is 531 g/mol. The molecule has 6 rings (SSSR count). The van der Waals surface area contributed by atoms with Crippen LogP contribution in [0.3, 0.4) is 0 Å². The Balaban J connectivity index is 1.51. The van der Waals surface area contributed by atoms with Gasteiger partial charge in [-0.3, -0.25) is 9.48 Å². The number of aryl methyl sites for hydroxylation is 3. The van der Waals surface area contributed by atoms with Crippen LogP contribution in [0.5, 0.6) is 0 Å². The molecule has 1 saturated carbocycles. The maximum atomic E-state index is 13.7. The first kappa shape index (κ1) is 21.5. The van der Waals surface area contributed by atoms with Crippen molar-refractivity contribution in [1.82, 2.24) is 49.9 Å². The van der Waals surface area contributed by atoms with Crippen LogP contribution in [0, 0.1) is 5.92 Å². The second-order valence-electron chi connectivity index (χ2n) is 9.30. The molecule has 13 nitrogen and oxygen atoms in total. The lowest BCUT2D eigenvalue weighted by atomic mass is 9.76. The van der Waals surface area contributed by atoms with E-state index in [0.29, 0.717) is 17.5 Å². The SMILES string of the molecule is [2H]C([2H])([2H])n1ncc2c(-c3nc(N)c4c(n3)NC(=O)C4(c3nnnn3C)C3CC3)nc(CCC(F)(F)C(F)(F)F)nc21. The molecule has 0 spiro atoms. The number of tetrazole rings is 1. The van der Waals surface area contributed by atoms with Crippen molar-refractivity contribution < 1.29 is 30.9 Å². The fraction of sp³-hybridized carbons (Fsp3) is 0.476. The van der Waals surface area contributed by atoms with Gasteiger partial charge in [0.25, 0.3) is 0 Å². The molecule has 1 aliphatic carbocycles. The van der Waals surface area contributed by atoms with Crippen LogP contribution in [-0.2, 0) is 30.7 Å². The highest BCUT2D eigenvalue weighted by Gasteiger charge is 2.62. The highest BCUT2D eigenvalue weighted by molar-refractivity contribution is 6.09. The highest BCUT2D eigenvalue weighted by atomic mass is 19.4. The van der Waals surface area contributed by atoms with Crippen molar-refractivity contribution in [2.75, 3.05) is 11.1 Å².